The Morgan fingerprint density at radius 1 is 1.35 bits per heavy atom. The van der Waals surface area contributed by atoms with Gasteiger partial charge in [0.25, 0.3) is 0 Å². The van der Waals surface area contributed by atoms with Crippen LogP contribution in [0.3, 0.4) is 0 Å². The molecular formula is C16H17FN4OS. The number of nitrogens with zero attached hydrogens (tertiary/aromatic N) is 3. The van der Waals surface area contributed by atoms with Gasteiger partial charge in [0.15, 0.2) is 5.13 Å². The maximum Gasteiger partial charge on any atom is 0.183 e. The number of hydrogen-bond acceptors (Lipinski definition) is 5. The Bertz CT molecular complexity index is 799. The predicted octanol–water partition coefficient (Wildman–Crippen LogP) is 3.06. The molecule has 1 aromatic carbocycles. The van der Waals surface area contributed by atoms with Gasteiger partial charge in [0.2, 0.25) is 0 Å². The molecule has 0 spiro atoms. The van der Waals surface area contributed by atoms with Gasteiger partial charge in [-0.25, -0.2) is 9.37 Å². The van der Waals surface area contributed by atoms with Crippen molar-refractivity contribution in [1.82, 2.24) is 14.8 Å². The molecule has 2 N–H and O–H groups in total. The van der Waals surface area contributed by atoms with Crippen LogP contribution in [0.2, 0.25) is 0 Å². The van der Waals surface area contributed by atoms with Crippen molar-refractivity contribution in [1.29, 1.82) is 0 Å². The van der Waals surface area contributed by atoms with Crippen LogP contribution in [0.1, 0.15) is 11.3 Å². The Morgan fingerprint density at radius 3 is 3.00 bits per heavy atom. The zero-order valence-corrected chi connectivity index (χ0v) is 13.5. The second-order valence-electron chi connectivity index (χ2n) is 5.10. The fraction of sp³-hybridized carbons (Fsp3) is 0.250. The third-order valence-corrected chi connectivity index (χ3v) is 4.47. The van der Waals surface area contributed by atoms with E-state index in [1.165, 1.54) is 23.5 Å². The van der Waals surface area contributed by atoms with E-state index < -0.39 is 0 Å². The van der Waals surface area contributed by atoms with Gasteiger partial charge in [-0.3, -0.25) is 4.68 Å². The molecule has 120 valence electrons. The number of hydrogen-bond donors (Lipinski definition) is 2. The Hall–Kier alpha value is -2.25. The van der Waals surface area contributed by atoms with E-state index >= 15 is 0 Å². The minimum Gasteiger partial charge on any atom is -0.394 e. The van der Waals surface area contributed by atoms with Gasteiger partial charge in [0, 0.05) is 12.7 Å². The van der Waals surface area contributed by atoms with E-state index in [9.17, 15) is 4.39 Å². The standard InChI is InChI=1S/C16H17FN4OS/c1-11-15(14-5-6-21(20-14)7-8-22)23-16(19-11)18-10-12-3-2-4-13(17)9-12/h2-6,9,22H,7-8,10H2,1H3,(H,18,19). The number of thiazole rings is 1. The van der Waals surface area contributed by atoms with Gasteiger partial charge in [-0.05, 0) is 30.7 Å². The molecule has 0 fully saturated rings. The van der Waals surface area contributed by atoms with Crippen LogP contribution in [0.4, 0.5) is 9.52 Å². The molecule has 0 aliphatic heterocycles. The number of halogens is 1. The first-order chi connectivity index (χ1) is 11.2. The second-order valence-corrected chi connectivity index (χ2v) is 6.10. The molecule has 3 rings (SSSR count). The summed E-state index contributed by atoms with van der Waals surface area (Å²) in [6.07, 6.45) is 1.84. The molecule has 0 aliphatic rings. The molecule has 2 aromatic heterocycles. The van der Waals surface area contributed by atoms with Gasteiger partial charge in [0.1, 0.15) is 11.5 Å². The van der Waals surface area contributed by atoms with Crippen LogP contribution in [-0.4, -0.2) is 26.5 Å². The van der Waals surface area contributed by atoms with E-state index in [0.29, 0.717) is 13.1 Å². The average molecular weight is 332 g/mol. The van der Waals surface area contributed by atoms with E-state index in [1.807, 2.05) is 25.3 Å². The van der Waals surface area contributed by atoms with E-state index in [0.717, 1.165) is 27.0 Å². The monoisotopic (exact) mass is 332 g/mol. The number of aromatic nitrogens is 3. The molecular weight excluding hydrogens is 315 g/mol. The summed E-state index contributed by atoms with van der Waals surface area (Å²) >= 11 is 1.51. The molecule has 23 heavy (non-hydrogen) atoms. The first kappa shape index (κ1) is 15.6. The second kappa shape index (κ2) is 6.89. The van der Waals surface area contributed by atoms with Crippen molar-refractivity contribution in [2.24, 2.45) is 0 Å². The number of aliphatic hydroxyl groups excluding tert-OH is 1. The third kappa shape index (κ3) is 3.75. The number of rotatable bonds is 6. The number of nitrogens with one attached hydrogen (secondary N) is 1. The van der Waals surface area contributed by atoms with E-state index in [2.05, 4.69) is 15.4 Å². The molecule has 0 aliphatic carbocycles. The van der Waals surface area contributed by atoms with Crippen molar-refractivity contribution in [3.05, 3.63) is 53.6 Å². The fourth-order valence-electron chi connectivity index (χ4n) is 2.24. The highest BCUT2D eigenvalue weighted by molar-refractivity contribution is 7.19. The van der Waals surface area contributed by atoms with Crippen LogP contribution < -0.4 is 5.32 Å². The topological polar surface area (TPSA) is 63.0 Å². The summed E-state index contributed by atoms with van der Waals surface area (Å²) in [5.74, 6) is -0.241. The van der Waals surface area contributed by atoms with E-state index in [4.69, 9.17) is 5.11 Å². The van der Waals surface area contributed by atoms with Gasteiger partial charge in [-0.15, -0.1) is 0 Å². The van der Waals surface area contributed by atoms with Crippen molar-refractivity contribution < 1.29 is 9.50 Å². The normalized spacial score (nSPS) is 10.9. The van der Waals surface area contributed by atoms with Gasteiger partial charge in [-0.1, -0.05) is 23.5 Å². The third-order valence-electron chi connectivity index (χ3n) is 3.33. The highest BCUT2D eigenvalue weighted by atomic mass is 32.1. The molecule has 3 aromatic rings. The first-order valence-corrected chi connectivity index (χ1v) is 8.08. The van der Waals surface area contributed by atoms with Crippen LogP contribution in [-0.2, 0) is 13.1 Å². The van der Waals surface area contributed by atoms with Crippen LogP contribution in [0.15, 0.2) is 36.5 Å². The molecule has 0 saturated carbocycles. The van der Waals surface area contributed by atoms with Crippen molar-refractivity contribution in [2.45, 2.75) is 20.0 Å². The summed E-state index contributed by atoms with van der Waals surface area (Å²) in [6, 6.07) is 8.40. The number of aliphatic hydroxyl groups is 1. The minimum atomic E-state index is -0.241. The summed E-state index contributed by atoms with van der Waals surface area (Å²) in [6.45, 7) is 2.99. The van der Waals surface area contributed by atoms with Gasteiger partial charge in [0.05, 0.1) is 23.7 Å². The smallest absolute Gasteiger partial charge is 0.183 e. The lowest BCUT2D eigenvalue weighted by atomic mass is 10.2. The average Bonchev–Trinajstić information content (AvgIpc) is 3.12. The summed E-state index contributed by atoms with van der Waals surface area (Å²) < 4.78 is 14.9. The van der Waals surface area contributed by atoms with Crippen molar-refractivity contribution in [3.8, 4) is 10.6 Å². The molecule has 2 heterocycles. The molecule has 0 radical (unpaired) electrons. The molecule has 0 bridgehead atoms. The molecule has 5 nitrogen and oxygen atoms in total. The summed E-state index contributed by atoms with van der Waals surface area (Å²) in [5.41, 5.74) is 2.60. The molecule has 0 unspecified atom stereocenters. The lowest BCUT2D eigenvalue weighted by Gasteiger charge is -2.02. The summed E-state index contributed by atoms with van der Waals surface area (Å²) in [4.78, 5) is 5.48. The Kier molecular flexibility index (Phi) is 4.68. The fourth-order valence-corrected chi connectivity index (χ4v) is 3.17. The zero-order valence-electron chi connectivity index (χ0n) is 12.7. The maximum absolute atomic E-state index is 13.2. The van der Waals surface area contributed by atoms with Crippen molar-refractivity contribution in [3.63, 3.8) is 0 Å². The maximum atomic E-state index is 13.2. The Morgan fingerprint density at radius 2 is 2.22 bits per heavy atom. The number of aryl methyl sites for hydroxylation is 1. The molecule has 0 saturated heterocycles. The number of anilines is 1. The van der Waals surface area contributed by atoms with Crippen molar-refractivity contribution in [2.75, 3.05) is 11.9 Å². The van der Waals surface area contributed by atoms with Crippen LogP contribution >= 0.6 is 11.3 Å². The van der Waals surface area contributed by atoms with Crippen molar-refractivity contribution >= 4 is 16.5 Å². The molecule has 0 amide bonds. The lowest BCUT2D eigenvalue weighted by molar-refractivity contribution is 0.269. The van der Waals surface area contributed by atoms with Gasteiger partial charge < -0.3 is 10.4 Å². The number of benzene rings is 1. The van der Waals surface area contributed by atoms with Gasteiger partial charge in [-0.2, -0.15) is 5.10 Å². The highest BCUT2D eigenvalue weighted by Gasteiger charge is 2.12. The Labute approximate surface area is 137 Å². The predicted molar refractivity (Wildman–Crippen MR) is 88.9 cm³/mol. The zero-order chi connectivity index (χ0) is 16.2. The first-order valence-electron chi connectivity index (χ1n) is 7.26. The van der Waals surface area contributed by atoms with E-state index in [1.54, 1.807) is 10.7 Å². The quantitative estimate of drug-likeness (QED) is 0.728. The lowest BCUT2D eigenvalue weighted by Crippen LogP contribution is -2.02. The van der Waals surface area contributed by atoms with Crippen LogP contribution in [0, 0.1) is 12.7 Å². The largest absolute Gasteiger partial charge is 0.394 e. The molecule has 0 atom stereocenters. The minimum absolute atomic E-state index is 0.0588. The highest BCUT2D eigenvalue weighted by Crippen LogP contribution is 2.31. The Balaban J connectivity index is 1.72. The van der Waals surface area contributed by atoms with Crippen LogP contribution in [0.5, 0.6) is 0 Å². The summed E-state index contributed by atoms with van der Waals surface area (Å²) in [7, 11) is 0. The van der Waals surface area contributed by atoms with Crippen LogP contribution in [0.25, 0.3) is 10.6 Å². The SMILES string of the molecule is Cc1nc(NCc2cccc(F)c2)sc1-c1ccn(CCO)n1. The summed E-state index contributed by atoms with van der Waals surface area (Å²) in [5, 5.41) is 17.4. The van der Waals surface area contributed by atoms with E-state index in [-0.39, 0.29) is 12.4 Å². The van der Waals surface area contributed by atoms with Gasteiger partial charge >= 0.3 is 0 Å². The molecule has 7 heteroatoms.